The second-order valence-electron chi connectivity index (χ2n) is 5.87. The van der Waals surface area contributed by atoms with Crippen LogP contribution in [0.5, 0.6) is 0 Å². The van der Waals surface area contributed by atoms with E-state index in [-0.39, 0.29) is 17.0 Å². The van der Waals surface area contributed by atoms with Gasteiger partial charge >= 0.3 is 0 Å². The van der Waals surface area contributed by atoms with Crippen LogP contribution in [0.4, 0.5) is 8.78 Å². The van der Waals surface area contributed by atoms with Crippen LogP contribution in [0.2, 0.25) is 0 Å². The van der Waals surface area contributed by atoms with Gasteiger partial charge in [-0.3, -0.25) is 0 Å². The molecule has 0 aliphatic rings. The van der Waals surface area contributed by atoms with Gasteiger partial charge < -0.3 is 5.32 Å². The van der Waals surface area contributed by atoms with Crippen molar-refractivity contribution in [2.45, 2.75) is 53.0 Å². The van der Waals surface area contributed by atoms with Gasteiger partial charge in [0.2, 0.25) is 0 Å². The Hall–Kier alpha value is -0.480. The summed E-state index contributed by atoms with van der Waals surface area (Å²) in [6, 6.07) is 2.78. The monoisotopic (exact) mass is 347 g/mol. The summed E-state index contributed by atoms with van der Waals surface area (Å²) < 4.78 is 28.4. The molecule has 0 amide bonds. The summed E-state index contributed by atoms with van der Waals surface area (Å²) >= 11 is 3.13. The van der Waals surface area contributed by atoms with Gasteiger partial charge in [0.1, 0.15) is 11.6 Å². The van der Waals surface area contributed by atoms with Crippen molar-refractivity contribution in [3.63, 3.8) is 0 Å². The number of rotatable bonds is 7. The highest BCUT2D eigenvalue weighted by molar-refractivity contribution is 9.10. The molecule has 0 saturated carbocycles. The molecule has 4 heteroatoms. The standard InChI is InChI=1S/C16H24BrF2N/c1-5-9-20-14(16(3,4)6-2)10-11-13(18)8-7-12(17)15(11)19/h7-8,14,20H,5-6,9-10H2,1-4H3. The van der Waals surface area contributed by atoms with Crippen molar-refractivity contribution in [1.82, 2.24) is 5.32 Å². The number of benzene rings is 1. The topological polar surface area (TPSA) is 12.0 Å². The van der Waals surface area contributed by atoms with E-state index in [0.717, 1.165) is 19.4 Å². The second kappa shape index (κ2) is 7.51. The highest BCUT2D eigenvalue weighted by Crippen LogP contribution is 2.30. The molecule has 1 unspecified atom stereocenters. The fourth-order valence-corrected chi connectivity index (χ4v) is 2.52. The summed E-state index contributed by atoms with van der Waals surface area (Å²) in [6.45, 7) is 9.31. The lowest BCUT2D eigenvalue weighted by atomic mass is 9.78. The van der Waals surface area contributed by atoms with Crippen molar-refractivity contribution in [1.29, 1.82) is 0 Å². The highest BCUT2D eigenvalue weighted by atomic mass is 79.9. The molecule has 0 saturated heterocycles. The van der Waals surface area contributed by atoms with Gasteiger partial charge in [0.05, 0.1) is 4.47 Å². The fourth-order valence-electron chi connectivity index (χ4n) is 2.15. The quantitative estimate of drug-likeness (QED) is 0.678. The van der Waals surface area contributed by atoms with Gasteiger partial charge in [0, 0.05) is 11.6 Å². The van der Waals surface area contributed by atoms with Crippen molar-refractivity contribution in [2.75, 3.05) is 6.54 Å². The highest BCUT2D eigenvalue weighted by Gasteiger charge is 2.29. The molecule has 114 valence electrons. The van der Waals surface area contributed by atoms with Crippen molar-refractivity contribution < 1.29 is 8.78 Å². The zero-order chi connectivity index (χ0) is 15.3. The zero-order valence-corrected chi connectivity index (χ0v) is 14.3. The van der Waals surface area contributed by atoms with Crippen LogP contribution in [0, 0.1) is 17.0 Å². The van der Waals surface area contributed by atoms with Crippen LogP contribution >= 0.6 is 15.9 Å². The van der Waals surface area contributed by atoms with Gasteiger partial charge in [-0.1, -0.05) is 27.7 Å². The predicted molar refractivity (Wildman–Crippen MR) is 83.9 cm³/mol. The maximum Gasteiger partial charge on any atom is 0.143 e. The minimum Gasteiger partial charge on any atom is -0.313 e. The summed E-state index contributed by atoms with van der Waals surface area (Å²) in [4.78, 5) is 0. The van der Waals surface area contributed by atoms with Gasteiger partial charge in [-0.2, -0.15) is 0 Å². The van der Waals surface area contributed by atoms with E-state index in [4.69, 9.17) is 0 Å². The van der Waals surface area contributed by atoms with Gasteiger partial charge in [-0.15, -0.1) is 0 Å². The number of nitrogens with one attached hydrogen (secondary N) is 1. The number of halogens is 3. The van der Waals surface area contributed by atoms with Gasteiger partial charge in [0.25, 0.3) is 0 Å². The number of hydrogen-bond acceptors (Lipinski definition) is 1. The molecule has 0 bridgehead atoms. The molecule has 0 fully saturated rings. The van der Waals surface area contributed by atoms with Gasteiger partial charge in [0.15, 0.2) is 0 Å². The summed E-state index contributed by atoms with van der Waals surface area (Å²) in [5, 5.41) is 3.43. The summed E-state index contributed by atoms with van der Waals surface area (Å²) in [7, 11) is 0. The molecule has 1 nitrogen and oxygen atoms in total. The van der Waals surface area contributed by atoms with Crippen LogP contribution in [0.15, 0.2) is 16.6 Å². The molecule has 1 aromatic carbocycles. The normalized spacial score (nSPS) is 13.6. The first-order valence-electron chi connectivity index (χ1n) is 7.19. The molecule has 1 aromatic rings. The lowest BCUT2D eigenvalue weighted by Gasteiger charge is -2.35. The van der Waals surface area contributed by atoms with Crippen LogP contribution in [-0.4, -0.2) is 12.6 Å². The third-order valence-electron chi connectivity index (χ3n) is 4.04. The van der Waals surface area contributed by atoms with E-state index in [1.165, 1.54) is 12.1 Å². The second-order valence-corrected chi connectivity index (χ2v) is 6.73. The Balaban J connectivity index is 3.04. The van der Waals surface area contributed by atoms with Crippen LogP contribution in [0.3, 0.4) is 0 Å². The van der Waals surface area contributed by atoms with E-state index in [1.807, 2.05) is 0 Å². The Bertz CT molecular complexity index is 446. The van der Waals surface area contributed by atoms with Crippen molar-refractivity contribution in [3.05, 3.63) is 33.8 Å². The van der Waals surface area contributed by atoms with Gasteiger partial charge in [-0.25, -0.2) is 8.78 Å². The first-order valence-corrected chi connectivity index (χ1v) is 7.98. The molecule has 0 aromatic heterocycles. The Morgan fingerprint density at radius 1 is 1.25 bits per heavy atom. The molecular weight excluding hydrogens is 324 g/mol. The zero-order valence-electron chi connectivity index (χ0n) is 12.7. The SMILES string of the molecule is CCCNC(Cc1c(F)ccc(Br)c1F)C(C)(C)CC. The molecule has 20 heavy (non-hydrogen) atoms. The van der Waals surface area contributed by atoms with E-state index >= 15 is 0 Å². The maximum atomic E-state index is 14.1. The molecule has 0 aliphatic heterocycles. The minimum absolute atomic E-state index is 0.0175. The molecule has 1 atom stereocenters. The molecule has 1 N–H and O–H groups in total. The third kappa shape index (κ3) is 4.26. The molecular formula is C16H24BrF2N. The largest absolute Gasteiger partial charge is 0.313 e. The number of hydrogen-bond donors (Lipinski definition) is 1. The van der Waals surface area contributed by atoms with E-state index in [2.05, 4.69) is 48.9 Å². The van der Waals surface area contributed by atoms with Crippen molar-refractivity contribution in [3.8, 4) is 0 Å². The molecule has 1 rings (SSSR count). The lowest BCUT2D eigenvalue weighted by Crippen LogP contribution is -2.44. The Labute approximate surface area is 129 Å². The smallest absolute Gasteiger partial charge is 0.143 e. The van der Waals surface area contributed by atoms with Crippen LogP contribution in [0.1, 0.15) is 46.1 Å². The van der Waals surface area contributed by atoms with E-state index in [1.54, 1.807) is 0 Å². The predicted octanol–water partition coefficient (Wildman–Crippen LogP) is 5.07. The Morgan fingerprint density at radius 2 is 1.90 bits per heavy atom. The summed E-state index contributed by atoms with van der Waals surface area (Å²) in [5.74, 6) is -0.957. The molecule has 0 radical (unpaired) electrons. The van der Waals surface area contributed by atoms with Gasteiger partial charge in [-0.05, 0) is 59.3 Å². The molecule has 0 spiro atoms. The van der Waals surface area contributed by atoms with E-state index < -0.39 is 11.6 Å². The van der Waals surface area contributed by atoms with E-state index in [9.17, 15) is 8.78 Å². The Morgan fingerprint density at radius 3 is 2.45 bits per heavy atom. The first-order chi connectivity index (χ1) is 9.33. The average molecular weight is 348 g/mol. The Kier molecular flexibility index (Phi) is 6.59. The van der Waals surface area contributed by atoms with Crippen LogP contribution < -0.4 is 5.32 Å². The summed E-state index contributed by atoms with van der Waals surface area (Å²) in [5.41, 5.74) is 0.144. The fraction of sp³-hybridized carbons (Fsp3) is 0.625. The maximum absolute atomic E-state index is 14.1. The first kappa shape index (κ1) is 17.6. The van der Waals surface area contributed by atoms with Crippen molar-refractivity contribution in [2.24, 2.45) is 5.41 Å². The van der Waals surface area contributed by atoms with Crippen molar-refractivity contribution >= 4 is 15.9 Å². The minimum atomic E-state index is -0.486. The lowest BCUT2D eigenvalue weighted by molar-refractivity contribution is 0.227. The average Bonchev–Trinajstić information content (AvgIpc) is 2.42. The van der Waals surface area contributed by atoms with Crippen LogP contribution in [-0.2, 0) is 6.42 Å². The third-order valence-corrected chi connectivity index (χ3v) is 4.65. The summed E-state index contributed by atoms with van der Waals surface area (Å²) in [6.07, 6.45) is 2.31. The molecule has 0 aliphatic carbocycles. The van der Waals surface area contributed by atoms with Crippen LogP contribution in [0.25, 0.3) is 0 Å². The van der Waals surface area contributed by atoms with E-state index in [0.29, 0.717) is 10.9 Å². The molecule has 0 heterocycles.